The highest BCUT2D eigenvalue weighted by atomic mass is 16.5. The van der Waals surface area contributed by atoms with Crippen molar-refractivity contribution in [3.63, 3.8) is 0 Å². The normalized spacial score (nSPS) is 22.1. The van der Waals surface area contributed by atoms with Crippen molar-refractivity contribution in [3.05, 3.63) is 35.4 Å². The predicted molar refractivity (Wildman–Crippen MR) is 72.7 cm³/mol. The maximum Gasteiger partial charge on any atom is 0.0715 e. The summed E-state index contributed by atoms with van der Waals surface area (Å²) in [7, 11) is 3.50. The number of nitrogens with one attached hydrogen (secondary N) is 1. The fraction of sp³-hybridized carbons (Fsp3) is 0.600. The van der Waals surface area contributed by atoms with Gasteiger partial charge in [-0.2, -0.15) is 0 Å². The molecule has 2 atom stereocenters. The van der Waals surface area contributed by atoms with Crippen molar-refractivity contribution in [1.29, 1.82) is 0 Å². The third kappa shape index (κ3) is 3.55. The first-order valence-electron chi connectivity index (χ1n) is 6.63. The highest BCUT2D eigenvalue weighted by molar-refractivity contribution is 5.34. The van der Waals surface area contributed by atoms with Crippen LogP contribution >= 0.6 is 0 Å². The molecule has 3 heteroatoms. The van der Waals surface area contributed by atoms with Crippen LogP contribution in [0.3, 0.4) is 0 Å². The molecule has 0 spiro atoms. The summed E-state index contributed by atoms with van der Waals surface area (Å²) in [5.74, 6) is 1.49. The van der Waals surface area contributed by atoms with E-state index in [-0.39, 0.29) is 0 Å². The molecule has 0 bridgehead atoms. The zero-order valence-electron chi connectivity index (χ0n) is 11.3. The third-order valence-corrected chi connectivity index (χ3v) is 3.57. The summed E-state index contributed by atoms with van der Waals surface area (Å²) >= 11 is 0. The smallest absolute Gasteiger partial charge is 0.0715 e. The van der Waals surface area contributed by atoms with E-state index < -0.39 is 0 Å². The van der Waals surface area contributed by atoms with E-state index in [0.29, 0.717) is 5.92 Å². The maximum absolute atomic E-state index is 5.26. The maximum atomic E-state index is 5.26. The fourth-order valence-electron chi connectivity index (χ4n) is 2.50. The topological polar surface area (TPSA) is 30.5 Å². The van der Waals surface area contributed by atoms with Gasteiger partial charge in [-0.05, 0) is 35.9 Å². The van der Waals surface area contributed by atoms with E-state index in [2.05, 4.69) is 29.6 Å². The predicted octanol–water partition coefficient (Wildman–Crippen LogP) is 2.17. The Morgan fingerprint density at radius 1 is 1.22 bits per heavy atom. The van der Waals surface area contributed by atoms with Gasteiger partial charge < -0.3 is 14.8 Å². The molecule has 100 valence electrons. The Hall–Kier alpha value is -0.900. The minimum atomic E-state index is 0.714. The average Bonchev–Trinajstić information content (AvgIpc) is 3.15. The summed E-state index contributed by atoms with van der Waals surface area (Å²) in [6.45, 7) is 3.54. The van der Waals surface area contributed by atoms with Crippen molar-refractivity contribution in [3.8, 4) is 0 Å². The number of hydrogen-bond acceptors (Lipinski definition) is 3. The summed E-state index contributed by atoms with van der Waals surface area (Å²) < 4.78 is 10.3. The van der Waals surface area contributed by atoms with Gasteiger partial charge >= 0.3 is 0 Å². The van der Waals surface area contributed by atoms with E-state index in [4.69, 9.17) is 9.47 Å². The zero-order chi connectivity index (χ0) is 12.8. The molecule has 2 rings (SSSR count). The first kappa shape index (κ1) is 13.5. The van der Waals surface area contributed by atoms with Gasteiger partial charge in [-0.1, -0.05) is 24.3 Å². The molecule has 0 heterocycles. The molecule has 1 N–H and O–H groups in total. The molecule has 18 heavy (non-hydrogen) atoms. The SMILES string of the molecule is COCCNCC1CC1c1ccccc1COC. The number of methoxy groups -OCH3 is 2. The van der Waals surface area contributed by atoms with Crippen LogP contribution in [0.15, 0.2) is 24.3 Å². The molecule has 0 aliphatic heterocycles. The van der Waals surface area contributed by atoms with E-state index >= 15 is 0 Å². The van der Waals surface area contributed by atoms with Gasteiger partial charge in [-0.15, -0.1) is 0 Å². The van der Waals surface area contributed by atoms with Crippen LogP contribution < -0.4 is 5.32 Å². The standard InChI is InChI=1S/C15H23NO2/c1-17-8-7-16-10-13-9-15(13)14-6-4-3-5-12(14)11-18-2/h3-6,13,15-16H,7-11H2,1-2H3. The Morgan fingerprint density at radius 3 is 2.83 bits per heavy atom. The molecule has 1 aromatic rings. The number of ether oxygens (including phenoxy) is 2. The van der Waals surface area contributed by atoms with E-state index in [1.165, 1.54) is 17.5 Å². The molecule has 0 saturated heterocycles. The molecular formula is C15H23NO2. The van der Waals surface area contributed by atoms with Gasteiger partial charge in [0.25, 0.3) is 0 Å². The second kappa shape index (κ2) is 6.88. The van der Waals surface area contributed by atoms with Crippen LogP contribution in [0.1, 0.15) is 23.5 Å². The minimum Gasteiger partial charge on any atom is -0.383 e. The van der Waals surface area contributed by atoms with Gasteiger partial charge in [0.15, 0.2) is 0 Å². The lowest BCUT2D eigenvalue weighted by molar-refractivity contribution is 0.184. The molecule has 1 fully saturated rings. The van der Waals surface area contributed by atoms with E-state index in [9.17, 15) is 0 Å². The molecule has 0 amide bonds. The summed E-state index contributed by atoms with van der Waals surface area (Å²) in [4.78, 5) is 0. The van der Waals surface area contributed by atoms with E-state index in [1.54, 1.807) is 14.2 Å². The minimum absolute atomic E-state index is 0.714. The zero-order valence-corrected chi connectivity index (χ0v) is 11.3. The number of hydrogen-bond donors (Lipinski definition) is 1. The van der Waals surface area contributed by atoms with Crippen LogP contribution in [0, 0.1) is 5.92 Å². The van der Waals surface area contributed by atoms with Crippen LogP contribution in [0.25, 0.3) is 0 Å². The first-order valence-corrected chi connectivity index (χ1v) is 6.63. The van der Waals surface area contributed by atoms with Gasteiger partial charge in [0, 0.05) is 20.8 Å². The molecule has 2 unspecified atom stereocenters. The lowest BCUT2D eigenvalue weighted by Gasteiger charge is -2.08. The van der Waals surface area contributed by atoms with Gasteiger partial charge in [-0.25, -0.2) is 0 Å². The van der Waals surface area contributed by atoms with Gasteiger partial charge in [-0.3, -0.25) is 0 Å². The fourth-order valence-corrected chi connectivity index (χ4v) is 2.50. The summed E-state index contributed by atoms with van der Waals surface area (Å²) in [6.07, 6.45) is 1.29. The lowest BCUT2D eigenvalue weighted by atomic mass is 10.0. The quantitative estimate of drug-likeness (QED) is 0.716. The molecule has 3 nitrogen and oxygen atoms in total. The summed E-state index contributed by atoms with van der Waals surface area (Å²) in [5, 5.41) is 3.44. The molecule has 0 radical (unpaired) electrons. The monoisotopic (exact) mass is 249 g/mol. The lowest BCUT2D eigenvalue weighted by Crippen LogP contribution is -2.21. The van der Waals surface area contributed by atoms with Crippen LogP contribution in [-0.2, 0) is 16.1 Å². The van der Waals surface area contributed by atoms with Crippen LogP contribution in [-0.4, -0.2) is 33.9 Å². The first-order chi connectivity index (χ1) is 8.86. The molecule has 0 aromatic heterocycles. The van der Waals surface area contributed by atoms with Gasteiger partial charge in [0.1, 0.15) is 0 Å². The molecular weight excluding hydrogens is 226 g/mol. The third-order valence-electron chi connectivity index (χ3n) is 3.57. The second-order valence-electron chi connectivity index (χ2n) is 4.93. The van der Waals surface area contributed by atoms with Gasteiger partial charge in [0.2, 0.25) is 0 Å². The average molecular weight is 249 g/mol. The van der Waals surface area contributed by atoms with E-state index in [0.717, 1.165) is 32.2 Å². The number of rotatable bonds is 8. The van der Waals surface area contributed by atoms with Crippen molar-refractivity contribution in [2.45, 2.75) is 18.9 Å². The van der Waals surface area contributed by atoms with Crippen molar-refractivity contribution in [2.75, 3.05) is 33.9 Å². The van der Waals surface area contributed by atoms with Gasteiger partial charge in [0.05, 0.1) is 13.2 Å². The van der Waals surface area contributed by atoms with Crippen LogP contribution in [0.2, 0.25) is 0 Å². The van der Waals surface area contributed by atoms with Crippen LogP contribution in [0.4, 0.5) is 0 Å². The number of benzene rings is 1. The van der Waals surface area contributed by atoms with E-state index in [1.807, 2.05) is 0 Å². The van der Waals surface area contributed by atoms with Crippen molar-refractivity contribution >= 4 is 0 Å². The summed E-state index contributed by atoms with van der Waals surface area (Å²) in [6, 6.07) is 8.63. The Labute approximate surface area is 109 Å². The Morgan fingerprint density at radius 2 is 2.06 bits per heavy atom. The van der Waals surface area contributed by atoms with Crippen molar-refractivity contribution in [1.82, 2.24) is 5.32 Å². The van der Waals surface area contributed by atoms with Crippen LogP contribution in [0.5, 0.6) is 0 Å². The molecule has 1 saturated carbocycles. The second-order valence-corrected chi connectivity index (χ2v) is 4.93. The molecule has 1 aromatic carbocycles. The Balaban J connectivity index is 1.83. The molecule has 1 aliphatic carbocycles. The molecule has 1 aliphatic rings. The van der Waals surface area contributed by atoms with Crippen molar-refractivity contribution < 1.29 is 9.47 Å². The highest BCUT2D eigenvalue weighted by Crippen LogP contribution is 2.48. The largest absolute Gasteiger partial charge is 0.383 e. The highest BCUT2D eigenvalue weighted by Gasteiger charge is 2.38. The Kier molecular flexibility index (Phi) is 5.17. The summed E-state index contributed by atoms with van der Waals surface area (Å²) in [5.41, 5.74) is 2.81. The van der Waals surface area contributed by atoms with Crippen molar-refractivity contribution in [2.24, 2.45) is 5.92 Å². The Bertz CT molecular complexity index is 367.